The van der Waals surface area contributed by atoms with Gasteiger partial charge in [-0.15, -0.1) is 0 Å². The van der Waals surface area contributed by atoms with E-state index in [4.69, 9.17) is 9.47 Å². The van der Waals surface area contributed by atoms with Crippen molar-refractivity contribution in [3.05, 3.63) is 114 Å². The highest BCUT2D eigenvalue weighted by Gasteiger charge is 2.30. The number of carbonyl (C=O) groups is 2. The Morgan fingerprint density at radius 2 is 1.49 bits per heavy atom. The molecule has 41 heavy (non-hydrogen) atoms. The Balaban J connectivity index is 1.61. The van der Waals surface area contributed by atoms with E-state index in [0.29, 0.717) is 10.1 Å². The average Bonchev–Trinajstić information content (AvgIpc) is 2.99. The number of amides is 2. The second kappa shape index (κ2) is 13.0. The topological polar surface area (TPSA) is 114 Å². The van der Waals surface area contributed by atoms with Crippen LogP contribution in [0.5, 0.6) is 11.5 Å². The number of sulfonamides is 1. The fraction of sp³-hybridized carbons (Fsp3) is 0.133. The molecule has 9 nitrogen and oxygen atoms in total. The predicted molar refractivity (Wildman–Crippen MR) is 153 cm³/mol. The van der Waals surface area contributed by atoms with Crippen molar-refractivity contribution in [3.8, 4) is 11.5 Å². The molecule has 4 aromatic carbocycles. The highest BCUT2D eigenvalue weighted by Crippen LogP contribution is 2.33. The third-order valence-corrected chi connectivity index (χ3v) is 7.85. The van der Waals surface area contributed by atoms with Crippen LogP contribution in [0.25, 0.3) is 0 Å². The van der Waals surface area contributed by atoms with Crippen molar-refractivity contribution >= 4 is 33.2 Å². The van der Waals surface area contributed by atoms with Gasteiger partial charge in [0.05, 0.1) is 36.1 Å². The summed E-state index contributed by atoms with van der Waals surface area (Å²) in [6, 6.07) is 24.7. The highest BCUT2D eigenvalue weighted by atomic mass is 32.2. The first-order valence-corrected chi connectivity index (χ1v) is 13.9. The molecule has 0 aromatic heterocycles. The van der Waals surface area contributed by atoms with E-state index in [9.17, 15) is 22.4 Å². The number of hydrogen-bond acceptors (Lipinski definition) is 6. The Morgan fingerprint density at radius 3 is 2.20 bits per heavy atom. The maximum Gasteiger partial charge on any atom is 0.265 e. The fourth-order valence-electron chi connectivity index (χ4n) is 4.04. The molecule has 2 amide bonds. The van der Waals surface area contributed by atoms with Gasteiger partial charge >= 0.3 is 0 Å². The minimum absolute atomic E-state index is 0.141. The van der Waals surface area contributed by atoms with Crippen molar-refractivity contribution in [2.24, 2.45) is 0 Å². The first-order valence-electron chi connectivity index (χ1n) is 12.4. The Labute approximate surface area is 237 Å². The summed E-state index contributed by atoms with van der Waals surface area (Å²) < 4.78 is 53.5. The number of carbonyl (C=O) groups excluding carboxylic acids is 2. The van der Waals surface area contributed by atoms with Gasteiger partial charge in [-0.2, -0.15) is 0 Å². The highest BCUT2D eigenvalue weighted by molar-refractivity contribution is 7.92. The number of benzene rings is 4. The molecule has 0 aliphatic rings. The summed E-state index contributed by atoms with van der Waals surface area (Å²) in [6.45, 7) is -0.510. The number of rotatable bonds is 11. The van der Waals surface area contributed by atoms with Gasteiger partial charge < -0.3 is 20.1 Å². The van der Waals surface area contributed by atoms with Crippen LogP contribution in [-0.2, 0) is 21.4 Å². The summed E-state index contributed by atoms with van der Waals surface area (Å²) in [4.78, 5) is 25.9. The molecule has 0 aliphatic carbocycles. The number of nitrogens with one attached hydrogen (secondary N) is 2. The van der Waals surface area contributed by atoms with Gasteiger partial charge in [0.1, 0.15) is 12.4 Å². The third-order valence-electron chi connectivity index (χ3n) is 6.09. The van der Waals surface area contributed by atoms with Crippen LogP contribution in [0.1, 0.15) is 15.9 Å². The van der Waals surface area contributed by atoms with Crippen LogP contribution < -0.4 is 24.4 Å². The Bertz CT molecular complexity index is 1650. The molecule has 2 N–H and O–H groups in total. The second-order valence-electron chi connectivity index (χ2n) is 8.74. The molecular weight excluding hydrogens is 549 g/mol. The molecule has 4 rings (SSSR count). The minimum atomic E-state index is -4.47. The zero-order valence-corrected chi connectivity index (χ0v) is 23.2. The van der Waals surface area contributed by atoms with Gasteiger partial charge in [-0.25, -0.2) is 12.8 Å². The molecular formula is C30H28FN3O6S. The van der Waals surface area contributed by atoms with Gasteiger partial charge in [0.15, 0.2) is 11.5 Å². The van der Waals surface area contributed by atoms with Gasteiger partial charge in [0, 0.05) is 12.6 Å². The van der Waals surface area contributed by atoms with E-state index in [0.717, 1.165) is 11.6 Å². The Morgan fingerprint density at radius 1 is 0.829 bits per heavy atom. The molecule has 0 radical (unpaired) electrons. The van der Waals surface area contributed by atoms with Crippen LogP contribution in [0.2, 0.25) is 0 Å². The largest absolute Gasteiger partial charge is 0.493 e. The second-order valence-corrected chi connectivity index (χ2v) is 10.6. The van der Waals surface area contributed by atoms with Gasteiger partial charge in [0.25, 0.3) is 15.9 Å². The lowest BCUT2D eigenvalue weighted by atomic mass is 10.1. The first kappa shape index (κ1) is 29.1. The van der Waals surface area contributed by atoms with Crippen molar-refractivity contribution in [2.75, 3.05) is 30.4 Å². The summed E-state index contributed by atoms with van der Waals surface area (Å²) in [7, 11) is -1.71. The molecule has 212 valence electrons. The zero-order chi connectivity index (χ0) is 29.4. The zero-order valence-electron chi connectivity index (χ0n) is 22.3. The summed E-state index contributed by atoms with van der Waals surface area (Å²) >= 11 is 0. The van der Waals surface area contributed by atoms with E-state index in [1.165, 1.54) is 62.8 Å². The average molecular weight is 578 g/mol. The molecule has 0 saturated carbocycles. The Hall–Kier alpha value is -4.90. The lowest BCUT2D eigenvalue weighted by molar-refractivity contribution is -0.114. The van der Waals surface area contributed by atoms with E-state index >= 15 is 0 Å². The van der Waals surface area contributed by atoms with Crippen molar-refractivity contribution in [1.82, 2.24) is 5.32 Å². The first-order chi connectivity index (χ1) is 19.7. The summed E-state index contributed by atoms with van der Waals surface area (Å²) in [5.41, 5.74) is 0.909. The third kappa shape index (κ3) is 6.82. The van der Waals surface area contributed by atoms with Crippen molar-refractivity contribution in [2.45, 2.75) is 11.4 Å². The SMILES string of the molecule is COc1ccc(S(=O)(=O)N(CC(=O)Nc2ccccc2C(=O)NCc2ccccc2)c2ccccc2F)cc1OC. The molecule has 0 bridgehead atoms. The molecule has 0 atom stereocenters. The standard InChI is InChI=1S/C30H28FN3O6S/c1-39-27-17-16-22(18-28(27)40-2)41(37,38)34(26-15-9-7-13-24(26)31)20-29(35)33-25-14-8-6-12-23(25)30(36)32-19-21-10-4-3-5-11-21/h3-18H,19-20H2,1-2H3,(H,32,36)(H,33,35). The van der Waals surface area contributed by atoms with Crippen LogP contribution in [0.4, 0.5) is 15.8 Å². The van der Waals surface area contributed by atoms with Crippen LogP contribution in [0, 0.1) is 5.82 Å². The molecule has 0 saturated heterocycles. The maximum absolute atomic E-state index is 14.9. The van der Waals surface area contributed by atoms with Crippen molar-refractivity contribution < 1.29 is 31.9 Å². The van der Waals surface area contributed by atoms with Crippen LogP contribution in [-0.4, -0.2) is 41.0 Å². The quantitative estimate of drug-likeness (QED) is 0.269. The van der Waals surface area contributed by atoms with E-state index in [1.807, 2.05) is 30.3 Å². The monoisotopic (exact) mass is 577 g/mol. The van der Waals surface area contributed by atoms with E-state index in [-0.39, 0.29) is 34.1 Å². The predicted octanol–water partition coefficient (Wildman–Crippen LogP) is 4.61. The molecule has 0 unspecified atom stereocenters. The maximum atomic E-state index is 14.9. The van der Waals surface area contributed by atoms with Crippen molar-refractivity contribution in [1.29, 1.82) is 0 Å². The van der Waals surface area contributed by atoms with Gasteiger partial charge in [-0.1, -0.05) is 54.6 Å². The Kier molecular flexibility index (Phi) is 9.20. The van der Waals surface area contributed by atoms with Crippen molar-refractivity contribution in [3.63, 3.8) is 0 Å². The molecule has 0 aliphatic heterocycles. The van der Waals surface area contributed by atoms with Crippen LogP contribution >= 0.6 is 0 Å². The lowest BCUT2D eigenvalue weighted by Gasteiger charge is -2.25. The number of hydrogen-bond donors (Lipinski definition) is 2. The number of para-hydroxylation sites is 2. The smallest absolute Gasteiger partial charge is 0.265 e. The van der Waals surface area contributed by atoms with Gasteiger partial charge in [-0.3, -0.25) is 13.9 Å². The summed E-state index contributed by atoms with van der Waals surface area (Å²) in [5, 5.41) is 5.40. The van der Waals surface area contributed by atoms with Crippen LogP contribution in [0.3, 0.4) is 0 Å². The lowest BCUT2D eigenvalue weighted by Crippen LogP contribution is -2.39. The number of methoxy groups -OCH3 is 2. The van der Waals surface area contributed by atoms with E-state index in [2.05, 4.69) is 10.6 Å². The van der Waals surface area contributed by atoms with E-state index in [1.54, 1.807) is 12.1 Å². The molecule has 0 spiro atoms. The minimum Gasteiger partial charge on any atom is -0.493 e. The summed E-state index contributed by atoms with van der Waals surface area (Å²) in [6.07, 6.45) is 0. The summed E-state index contributed by atoms with van der Waals surface area (Å²) in [5.74, 6) is -1.63. The van der Waals surface area contributed by atoms with E-state index < -0.39 is 34.2 Å². The van der Waals surface area contributed by atoms with Gasteiger partial charge in [-0.05, 0) is 42.0 Å². The molecule has 4 aromatic rings. The number of anilines is 2. The number of ether oxygens (including phenoxy) is 2. The molecule has 11 heteroatoms. The molecule has 0 fully saturated rings. The van der Waals surface area contributed by atoms with Crippen LogP contribution in [0.15, 0.2) is 102 Å². The van der Waals surface area contributed by atoms with Gasteiger partial charge in [0.2, 0.25) is 5.91 Å². The normalized spacial score (nSPS) is 10.9. The number of halogens is 1. The fourth-order valence-corrected chi connectivity index (χ4v) is 5.49. The molecule has 0 heterocycles. The number of nitrogens with zero attached hydrogens (tertiary/aromatic N) is 1.